The summed E-state index contributed by atoms with van der Waals surface area (Å²) in [5.41, 5.74) is 3.31. The van der Waals surface area contributed by atoms with Crippen LogP contribution in [0.4, 0.5) is 16.2 Å². The van der Waals surface area contributed by atoms with Crippen LogP contribution in [0.5, 0.6) is 0 Å². The summed E-state index contributed by atoms with van der Waals surface area (Å²) >= 11 is 6.14. The van der Waals surface area contributed by atoms with Gasteiger partial charge in [0.1, 0.15) is 6.26 Å². The lowest BCUT2D eigenvalue weighted by Gasteiger charge is -2.30. The molecular formula is C22H23ClN4O3. The fraction of sp³-hybridized carbons (Fsp3) is 0.273. The van der Waals surface area contributed by atoms with Crippen molar-refractivity contribution in [2.24, 2.45) is 0 Å². The van der Waals surface area contributed by atoms with Gasteiger partial charge in [0.25, 0.3) is 0 Å². The van der Waals surface area contributed by atoms with Gasteiger partial charge in [-0.2, -0.15) is 0 Å². The number of carbonyl (C=O) groups excluding carboxylic acids is 1. The van der Waals surface area contributed by atoms with Crippen LogP contribution >= 0.6 is 11.6 Å². The van der Waals surface area contributed by atoms with Gasteiger partial charge in [-0.25, -0.2) is 9.78 Å². The molecule has 0 unspecified atom stereocenters. The second-order valence-corrected chi connectivity index (χ2v) is 7.34. The minimum atomic E-state index is -0.293. The molecule has 4 rings (SSSR count). The van der Waals surface area contributed by atoms with Gasteiger partial charge in [0.05, 0.1) is 30.3 Å². The van der Waals surface area contributed by atoms with Crippen molar-refractivity contribution in [3.05, 3.63) is 65.5 Å². The molecule has 3 aromatic rings. The van der Waals surface area contributed by atoms with Gasteiger partial charge in [-0.1, -0.05) is 29.8 Å². The number of morpholine rings is 1. The molecule has 1 aromatic heterocycles. The number of aromatic nitrogens is 1. The van der Waals surface area contributed by atoms with E-state index in [0.717, 1.165) is 30.0 Å². The molecule has 2 N–H and O–H groups in total. The molecule has 0 radical (unpaired) electrons. The predicted molar refractivity (Wildman–Crippen MR) is 117 cm³/mol. The normalized spacial score (nSPS) is 13.8. The smallest absolute Gasteiger partial charge is 0.319 e. The molecular weight excluding hydrogens is 404 g/mol. The molecule has 1 fully saturated rings. The molecule has 0 saturated carbocycles. The van der Waals surface area contributed by atoms with E-state index < -0.39 is 0 Å². The Balaban J connectivity index is 1.32. The minimum Gasteiger partial charge on any atom is -0.444 e. The van der Waals surface area contributed by atoms with Crippen molar-refractivity contribution in [1.82, 2.24) is 10.3 Å². The fourth-order valence-electron chi connectivity index (χ4n) is 3.29. The molecule has 2 aromatic carbocycles. The molecule has 2 heterocycles. The predicted octanol–water partition coefficient (Wildman–Crippen LogP) is 4.20. The number of benzene rings is 2. The van der Waals surface area contributed by atoms with Crippen LogP contribution in [0.25, 0.3) is 11.5 Å². The average molecular weight is 427 g/mol. The SMILES string of the molecule is O=C(NCCc1coc(-c2ccccc2)n1)Nc1cc(Cl)ccc1N1CCOCC1. The van der Waals surface area contributed by atoms with Gasteiger partial charge in [0, 0.05) is 36.6 Å². The second-order valence-electron chi connectivity index (χ2n) is 6.90. The van der Waals surface area contributed by atoms with E-state index in [1.54, 1.807) is 12.3 Å². The van der Waals surface area contributed by atoms with E-state index in [0.29, 0.717) is 42.8 Å². The van der Waals surface area contributed by atoms with Crippen molar-refractivity contribution in [2.75, 3.05) is 43.1 Å². The van der Waals surface area contributed by atoms with Gasteiger partial charge >= 0.3 is 6.03 Å². The van der Waals surface area contributed by atoms with Crippen molar-refractivity contribution in [1.29, 1.82) is 0 Å². The Labute approximate surface area is 180 Å². The molecule has 1 aliphatic heterocycles. The maximum Gasteiger partial charge on any atom is 0.319 e. The van der Waals surface area contributed by atoms with Crippen LogP contribution in [0.3, 0.4) is 0 Å². The highest BCUT2D eigenvalue weighted by molar-refractivity contribution is 6.31. The number of nitrogens with one attached hydrogen (secondary N) is 2. The number of halogens is 1. The van der Waals surface area contributed by atoms with Crippen LogP contribution in [-0.4, -0.2) is 43.9 Å². The standard InChI is InChI=1S/C22H23ClN4O3/c23-17-6-7-20(27-10-12-29-13-11-27)19(14-17)26-22(28)24-9-8-18-15-30-21(25-18)16-4-2-1-3-5-16/h1-7,14-15H,8-13H2,(H2,24,26,28). The van der Waals surface area contributed by atoms with Crippen LogP contribution in [0.1, 0.15) is 5.69 Å². The van der Waals surface area contributed by atoms with Crippen LogP contribution in [0.15, 0.2) is 59.2 Å². The molecule has 0 atom stereocenters. The van der Waals surface area contributed by atoms with Crippen molar-refractivity contribution in [3.63, 3.8) is 0 Å². The zero-order valence-corrected chi connectivity index (χ0v) is 17.2. The van der Waals surface area contributed by atoms with E-state index >= 15 is 0 Å². The minimum absolute atomic E-state index is 0.293. The van der Waals surface area contributed by atoms with E-state index in [1.807, 2.05) is 42.5 Å². The summed E-state index contributed by atoms with van der Waals surface area (Å²) in [6.45, 7) is 3.30. The molecule has 1 aliphatic rings. The first-order chi connectivity index (χ1) is 14.7. The molecule has 7 nitrogen and oxygen atoms in total. The second kappa shape index (κ2) is 9.65. The number of urea groups is 1. The summed E-state index contributed by atoms with van der Waals surface area (Å²) in [5, 5.41) is 6.33. The number of anilines is 2. The Bertz CT molecular complexity index is 987. The van der Waals surface area contributed by atoms with Crippen molar-refractivity contribution in [3.8, 4) is 11.5 Å². The highest BCUT2D eigenvalue weighted by Gasteiger charge is 2.16. The lowest BCUT2D eigenvalue weighted by atomic mass is 10.2. The zero-order valence-electron chi connectivity index (χ0n) is 16.4. The molecule has 2 amide bonds. The Kier molecular flexibility index (Phi) is 6.51. The summed E-state index contributed by atoms with van der Waals surface area (Å²) in [6.07, 6.45) is 2.19. The van der Waals surface area contributed by atoms with Crippen molar-refractivity contribution >= 4 is 29.0 Å². The Morgan fingerprint density at radius 3 is 2.73 bits per heavy atom. The Morgan fingerprint density at radius 2 is 1.93 bits per heavy atom. The first-order valence-electron chi connectivity index (χ1n) is 9.86. The summed E-state index contributed by atoms with van der Waals surface area (Å²) in [4.78, 5) is 19.1. The molecule has 8 heteroatoms. The molecule has 0 bridgehead atoms. The van der Waals surface area contributed by atoms with Crippen LogP contribution in [-0.2, 0) is 11.2 Å². The average Bonchev–Trinajstić information content (AvgIpc) is 3.24. The van der Waals surface area contributed by atoms with E-state index in [-0.39, 0.29) is 6.03 Å². The van der Waals surface area contributed by atoms with Crippen LogP contribution < -0.4 is 15.5 Å². The van der Waals surface area contributed by atoms with Crippen LogP contribution in [0.2, 0.25) is 5.02 Å². The topological polar surface area (TPSA) is 79.6 Å². The van der Waals surface area contributed by atoms with Gasteiger partial charge in [0.15, 0.2) is 0 Å². The number of hydrogen-bond acceptors (Lipinski definition) is 5. The third-order valence-electron chi connectivity index (χ3n) is 4.80. The summed E-state index contributed by atoms with van der Waals surface area (Å²) in [5.74, 6) is 0.573. The van der Waals surface area contributed by atoms with Gasteiger partial charge in [-0.05, 0) is 30.3 Å². The number of ether oxygens (including phenoxy) is 1. The van der Waals surface area contributed by atoms with Crippen LogP contribution in [0, 0.1) is 0 Å². The maximum absolute atomic E-state index is 12.4. The molecule has 156 valence electrons. The first-order valence-corrected chi connectivity index (χ1v) is 10.2. The molecule has 1 saturated heterocycles. The van der Waals surface area contributed by atoms with E-state index in [4.69, 9.17) is 20.8 Å². The summed E-state index contributed by atoms with van der Waals surface area (Å²) in [6, 6.07) is 14.9. The lowest BCUT2D eigenvalue weighted by molar-refractivity contribution is 0.123. The van der Waals surface area contributed by atoms with Gasteiger partial charge in [0.2, 0.25) is 5.89 Å². The number of rotatable bonds is 6. The number of nitrogens with zero attached hydrogens (tertiary/aromatic N) is 2. The van der Waals surface area contributed by atoms with E-state index in [2.05, 4.69) is 20.5 Å². The number of oxazole rings is 1. The number of amides is 2. The van der Waals surface area contributed by atoms with Gasteiger partial charge in [-0.3, -0.25) is 0 Å². The fourth-order valence-corrected chi connectivity index (χ4v) is 3.47. The Morgan fingerprint density at radius 1 is 1.13 bits per heavy atom. The van der Waals surface area contributed by atoms with E-state index in [1.165, 1.54) is 0 Å². The van der Waals surface area contributed by atoms with Gasteiger partial charge in [-0.15, -0.1) is 0 Å². The summed E-state index contributed by atoms with van der Waals surface area (Å²) in [7, 11) is 0. The maximum atomic E-state index is 12.4. The summed E-state index contributed by atoms with van der Waals surface area (Å²) < 4.78 is 10.9. The quantitative estimate of drug-likeness (QED) is 0.617. The largest absolute Gasteiger partial charge is 0.444 e. The number of carbonyl (C=O) groups is 1. The first kappa shape index (κ1) is 20.3. The zero-order chi connectivity index (χ0) is 20.8. The highest BCUT2D eigenvalue weighted by atomic mass is 35.5. The molecule has 30 heavy (non-hydrogen) atoms. The monoisotopic (exact) mass is 426 g/mol. The lowest BCUT2D eigenvalue weighted by Crippen LogP contribution is -2.37. The molecule has 0 aliphatic carbocycles. The number of hydrogen-bond donors (Lipinski definition) is 2. The third-order valence-corrected chi connectivity index (χ3v) is 5.03. The van der Waals surface area contributed by atoms with Crippen molar-refractivity contribution < 1.29 is 13.9 Å². The van der Waals surface area contributed by atoms with Crippen molar-refractivity contribution in [2.45, 2.75) is 6.42 Å². The Hall–Kier alpha value is -3.03. The molecule has 0 spiro atoms. The third kappa shape index (κ3) is 5.11. The van der Waals surface area contributed by atoms with Gasteiger partial charge < -0.3 is 24.7 Å². The highest BCUT2D eigenvalue weighted by Crippen LogP contribution is 2.29. The van der Waals surface area contributed by atoms with E-state index in [9.17, 15) is 4.79 Å².